The van der Waals surface area contributed by atoms with Crippen LogP contribution in [0.1, 0.15) is 79.1 Å². The first kappa shape index (κ1) is 20.9. The van der Waals surface area contributed by atoms with Crippen molar-refractivity contribution in [3.05, 3.63) is 12.2 Å². The molecular weight excluding hydrogens is 298 g/mol. The quantitative estimate of drug-likeness (QED) is 0.320. The predicted molar refractivity (Wildman–Crippen MR) is 103 cm³/mol. The van der Waals surface area contributed by atoms with Gasteiger partial charge in [-0.3, -0.25) is 9.28 Å². The van der Waals surface area contributed by atoms with Gasteiger partial charge >= 0.3 is 0 Å². The van der Waals surface area contributed by atoms with Crippen LogP contribution in [-0.4, -0.2) is 42.0 Å². The normalized spacial score (nSPS) is 24.6. The molecule has 1 aliphatic heterocycles. The van der Waals surface area contributed by atoms with Crippen LogP contribution in [0, 0.1) is 0 Å². The second-order valence-corrected chi connectivity index (χ2v) is 7.04. The molecule has 0 saturated carbocycles. The van der Waals surface area contributed by atoms with Crippen LogP contribution < -0.4 is 5.32 Å². The second kappa shape index (κ2) is 11.4. The molecule has 3 atom stereocenters. The minimum absolute atomic E-state index is 0.0500. The van der Waals surface area contributed by atoms with Gasteiger partial charge < -0.3 is 5.32 Å². The Morgan fingerprint density at radius 1 is 1.25 bits per heavy atom. The zero-order chi connectivity index (χ0) is 17.8. The zero-order valence-corrected chi connectivity index (χ0v) is 16.3. The average molecular weight is 337 g/mol. The fourth-order valence-electron chi connectivity index (χ4n) is 3.68. The van der Waals surface area contributed by atoms with Crippen molar-refractivity contribution >= 4 is 12.1 Å². The first-order chi connectivity index (χ1) is 11.6. The predicted octanol–water partition coefficient (Wildman–Crippen LogP) is 4.41. The van der Waals surface area contributed by atoms with E-state index in [0.717, 1.165) is 24.0 Å². The van der Waals surface area contributed by atoms with E-state index < -0.39 is 0 Å². The number of aliphatic imine (C=N–C) groups is 1. The number of hydrogen-bond donors (Lipinski definition) is 1. The lowest BCUT2D eigenvalue weighted by Gasteiger charge is -2.42. The van der Waals surface area contributed by atoms with Gasteiger partial charge in [-0.25, -0.2) is 4.99 Å². The highest BCUT2D eigenvalue weighted by molar-refractivity contribution is 5.73. The van der Waals surface area contributed by atoms with Crippen LogP contribution in [0.5, 0.6) is 0 Å². The largest absolute Gasteiger partial charge is 0.307 e. The average Bonchev–Trinajstić information content (AvgIpc) is 2.97. The Balaban J connectivity index is 2.33. The molecule has 0 fully saturated rings. The molecule has 0 bridgehead atoms. The van der Waals surface area contributed by atoms with Crippen LogP contribution in [0.2, 0.25) is 0 Å². The van der Waals surface area contributed by atoms with E-state index >= 15 is 0 Å². The molecule has 0 aromatic rings. The van der Waals surface area contributed by atoms with Gasteiger partial charge in [0.15, 0.2) is 12.3 Å². The third kappa shape index (κ3) is 6.39. The molecule has 1 heterocycles. The van der Waals surface area contributed by atoms with Crippen LogP contribution >= 0.6 is 0 Å². The van der Waals surface area contributed by atoms with Gasteiger partial charge in [-0.05, 0) is 32.6 Å². The Kier molecular flexibility index (Phi) is 9.92. The Labute approximate surface area is 149 Å². The monoisotopic (exact) mass is 336 g/mol. The van der Waals surface area contributed by atoms with Gasteiger partial charge in [0, 0.05) is 20.3 Å². The number of carbonyl (C=O) groups is 1. The number of amides is 1. The van der Waals surface area contributed by atoms with Crippen molar-refractivity contribution in [3.8, 4) is 0 Å². The number of quaternary nitrogens is 1. The summed E-state index contributed by atoms with van der Waals surface area (Å²) in [4.78, 5) is 16.2. The van der Waals surface area contributed by atoms with Crippen molar-refractivity contribution in [2.75, 3.05) is 13.1 Å². The molecule has 0 spiro atoms. The molecule has 1 N–H and O–H groups in total. The Morgan fingerprint density at radius 3 is 2.58 bits per heavy atom. The number of nitrogens with zero attached hydrogens (tertiary/aromatic N) is 2. The van der Waals surface area contributed by atoms with E-state index in [2.05, 4.69) is 44.5 Å². The van der Waals surface area contributed by atoms with E-state index in [0.29, 0.717) is 6.17 Å². The maximum atomic E-state index is 11.4. The fourth-order valence-corrected chi connectivity index (χ4v) is 3.68. The molecule has 1 rings (SSSR count). The molecule has 0 saturated heterocycles. The molecule has 0 aromatic carbocycles. The number of hydrogen-bond acceptors (Lipinski definition) is 2. The van der Waals surface area contributed by atoms with Crippen molar-refractivity contribution in [1.82, 2.24) is 5.32 Å². The van der Waals surface area contributed by atoms with Gasteiger partial charge in [-0.15, -0.1) is 0 Å². The second-order valence-electron chi connectivity index (χ2n) is 7.04. The van der Waals surface area contributed by atoms with Crippen LogP contribution in [0.4, 0.5) is 0 Å². The topological polar surface area (TPSA) is 41.5 Å². The lowest BCUT2D eigenvalue weighted by atomic mass is 10.1. The standard InChI is InChI=1S/C20H37N3O/c1-5-7-8-9-10-11-12-13-14-15-20-21-16-17-23(20,6-2)18(3)22-19(4)24/h9-10,16,18,20H,5-8,11-15,17H2,1-4H3/p+1/b10-9+. The molecule has 1 amide bonds. The van der Waals surface area contributed by atoms with Crippen molar-refractivity contribution < 1.29 is 9.28 Å². The van der Waals surface area contributed by atoms with Crippen LogP contribution in [0.15, 0.2) is 17.1 Å². The van der Waals surface area contributed by atoms with Gasteiger partial charge in [-0.1, -0.05) is 38.3 Å². The summed E-state index contributed by atoms with van der Waals surface area (Å²) >= 11 is 0. The molecule has 4 heteroatoms. The number of unbranched alkanes of at least 4 members (excludes halogenated alkanes) is 5. The Morgan fingerprint density at radius 2 is 1.96 bits per heavy atom. The molecule has 1 aliphatic rings. The highest BCUT2D eigenvalue weighted by Gasteiger charge is 2.42. The summed E-state index contributed by atoms with van der Waals surface area (Å²) < 4.78 is 0.872. The summed E-state index contributed by atoms with van der Waals surface area (Å²) in [6.07, 6.45) is 17.0. The minimum Gasteiger partial charge on any atom is -0.307 e. The molecule has 4 nitrogen and oxygen atoms in total. The van der Waals surface area contributed by atoms with E-state index in [4.69, 9.17) is 4.99 Å². The lowest BCUT2D eigenvalue weighted by molar-refractivity contribution is -0.959. The molecule has 0 aliphatic carbocycles. The van der Waals surface area contributed by atoms with E-state index in [1.165, 1.54) is 44.9 Å². The highest BCUT2D eigenvalue weighted by Crippen LogP contribution is 2.26. The lowest BCUT2D eigenvalue weighted by Crippen LogP contribution is -2.63. The molecule has 3 unspecified atom stereocenters. The van der Waals surface area contributed by atoms with Gasteiger partial charge in [0.25, 0.3) is 0 Å². The summed E-state index contributed by atoms with van der Waals surface area (Å²) in [5, 5.41) is 3.09. The van der Waals surface area contributed by atoms with Crippen LogP contribution in [0.3, 0.4) is 0 Å². The minimum atomic E-state index is 0.0500. The smallest absolute Gasteiger partial charge is 0.221 e. The van der Waals surface area contributed by atoms with Crippen LogP contribution in [0.25, 0.3) is 0 Å². The molecule has 138 valence electrons. The summed E-state index contributed by atoms with van der Waals surface area (Å²) in [5.74, 6) is 0.0500. The van der Waals surface area contributed by atoms with Gasteiger partial charge in [0.2, 0.25) is 5.91 Å². The Hall–Kier alpha value is -1.16. The van der Waals surface area contributed by atoms with Gasteiger partial charge in [0.05, 0.1) is 12.8 Å². The summed E-state index contributed by atoms with van der Waals surface area (Å²) in [6.45, 7) is 10.1. The maximum absolute atomic E-state index is 11.4. The van der Waals surface area contributed by atoms with E-state index in [-0.39, 0.29) is 12.1 Å². The molecule has 0 aromatic heterocycles. The van der Waals surface area contributed by atoms with Crippen molar-refractivity contribution in [2.45, 2.75) is 91.4 Å². The van der Waals surface area contributed by atoms with E-state index in [9.17, 15) is 4.79 Å². The zero-order valence-electron chi connectivity index (χ0n) is 16.3. The molecule has 24 heavy (non-hydrogen) atoms. The number of nitrogens with one attached hydrogen (secondary N) is 1. The molecular formula is C20H38N3O+. The van der Waals surface area contributed by atoms with Crippen LogP contribution in [-0.2, 0) is 4.79 Å². The first-order valence-electron chi connectivity index (χ1n) is 9.87. The third-order valence-corrected chi connectivity index (χ3v) is 5.29. The third-order valence-electron chi connectivity index (χ3n) is 5.29. The summed E-state index contributed by atoms with van der Waals surface area (Å²) in [5.41, 5.74) is 0. The number of carbonyl (C=O) groups excluding carboxylic acids is 1. The SMILES string of the molecule is CCCC/C=C/CCCCCC1N=CC[N+]1(CC)C(C)NC(C)=O. The molecule has 0 radical (unpaired) electrons. The highest BCUT2D eigenvalue weighted by atomic mass is 16.1. The van der Waals surface area contributed by atoms with Gasteiger partial charge in [0.1, 0.15) is 6.54 Å². The van der Waals surface area contributed by atoms with Crippen molar-refractivity contribution in [2.24, 2.45) is 4.99 Å². The maximum Gasteiger partial charge on any atom is 0.221 e. The van der Waals surface area contributed by atoms with Crippen molar-refractivity contribution in [3.63, 3.8) is 0 Å². The summed E-state index contributed by atoms with van der Waals surface area (Å²) in [7, 11) is 0. The number of rotatable bonds is 12. The number of allylic oxidation sites excluding steroid dienone is 2. The van der Waals surface area contributed by atoms with E-state index in [1.807, 2.05) is 0 Å². The summed E-state index contributed by atoms with van der Waals surface area (Å²) in [6, 6.07) is 0. The Bertz CT molecular complexity index is 419. The first-order valence-corrected chi connectivity index (χ1v) is 9.87. The fraction of sp³-hybridized carbons (Fsp3) is 0.800. The van der Waals surface area contributed by atoms with Crippen molar-refractivity contribution in [1.29, 1.82) is 0 Å². The van der Waals surface area contributed by atoms with E-state index in [1.54, 1.807) is 6.92 Å². The van der Waals surface area contributed by atoms with Gasteiger partial charge in [-0.2, -0.15) is 0 Å².